The average Bonchev–Trinajstić information content (AvgIpc) is 4.00. The van der Waals surface area contributed by atoms with Crippen LogP contribution in [0, 0.1) is 11.8 Å². The van der Waals surface area contributed by atoms with Crippen molar-refractivity contribution >= 4 is 18.1 Å². The molecule has 1 saturated carbocycles. The number of benzene rings is 2. The monoisotopic (exact) mass is 733 g/mol. The molecule has 12 nitrogen and oxygen atoms in total. The number of carbonyl (C=O) groups is 3. The number of rotatable bonds is 7. The van der Waals surface area contributed by atoms with E-state index in [-0.39, 0.29) is 36.0 Å². The summed E-state index contributed by atoms with van der Waals surface area (Å²) in [6.07, 6.45) is 9.52. The Balaban J connectivity index is 0.984. The predicted molar refractivity (Wildman–Crippen MR) is 204 cm³/mol. The smallest absolute Gasteiger partial charge is 0.411 e. The van der Waals surface area contributed by atoms with Gasteiger partial charge >= 0.3 is 12.2 Å². The molecule has 3 fully saturated rings. The summed E-state index contributed by atoms with van der Waals surface area (Å²) < 4.78 is 10.6. The van der Waals surface area contributed by atoms with Crippen LogP contribution in [0.5, 0.6) is 0 Å². The minimum absolute atomic E-state index is 0.0917. The lowest BCUT2D eigenvalue weighted by atomic mass is 9.83. The van der Waals surface area contributed by atoms with Crippen LogP contribution in [-0.4, -0.2) is 79.2 Å². The number of amides is 3. The van der Waals surface area contributed by atoms with Crippen molar-refractivity contribution < 1.29 is 23.9 Å². The molecular weight excluding hydrogens is 683 g/mol. The van der Waals surface area contributed by atoms with Crippen molar-refractivity contribution in [3.8, 4) is 33.6 Å². The summed E-state index contributed by atoms with van der Waals surface area (Å²) in [5, 5.41) is 2.72. The Kier molecular flexibility index (Phi) is 9.26. The highest BCUT2D eigenvalue weighted by atomic mass is 16.6. The van der Waals surface area contributed by atoms with Crippen LogP contribution < -0.4 is 5.32 Å². The first-order valence-electron chi connectivity index (χ1n) is 19.4. The van der Waals surface area contributed by atoms with Crippen LogP contribution in [0.15, 0.2) is 48.8 Å². The Bertz CT molecular complexity index is 2080. The zero-order valence-corrected chi connectivity index (χ0v) is 32.1. The summed E-state index contributed by atoms with van der Waals surface area (Å²) in [7, 11) is 1.30. The Morgan fingerprint density at radius 1 is 0.889 bits per heavy atom. The average molecular weight is 734 g/mol. The summed E-state index contributed by atoms with van der Waals surface area (Å²) in [6, 6.07) is 12.5. The fraction of sp³-hybridized carbons (Fsp3) is 0.500. The molecule has 2 unspecified atom stereocenters. The number of fused-ring (bicyclic) bond motifs is 5. The number of hydrogen-bond acceptors (Lipinski definition) is 7. The number of H-pyrrole nitrogens is 2. The number of aromatic amines is 2. The molecule has 0 radical (unpaired) electrons. The van der Waals surface area contributed by atoms with Gasteiger partial charge in [-0.2, -0.15) is 0 Å². The zero-order valence-electron chi connectivity index (χ0n) is 32.1. The van der Waals surface area contributed by atoms with Gasteiger partial charge in [0.15, 0.2) is 0 Å². The van der Waals surface area contributed by atoms with Gasteiger partial charge in [-0.25, -0.2) is 19.6 Å². The molecule has 5 atom stereocenters. The summed E-state index contributed by atoms with van der Waals surface area (Å²) >= 11 is 0. The van der Waals surface area contributed by atoms with E-state index in [2.05, 4.69) is 51.7 Å². The number of ether oxygens (including phenoxy) is 2. The second-order valence-corrected chi connectivity index (χ2v) is 16.7. The van der Waals surface area contributed by atoms with Crippen molar-refractivity contribution in [3.05, 3.63) is 71.6 Å². The molecule has 8 rings (SSSR count). The van der Waals surface area contributed by atoms with E-state index in [1.807, 2.05) is 56.8 Å². The summed E-state index contributed by atoms with van der Waals surface area (Å²) in [6.45, 7) is 10.2. The maximum Gasteiger partial charge on any atom is 0.411 e. The van der Waals surface area contributed by atoms with Gasteiger partial charge < -0.3 is 29.7 Å². The Morgan fingerprint density at radius 3 is 2.13 bits per heavy atom. The largest absolute Gasteiger partial charge is 0.453 e. The predicted octanol–water partition coefficient (Wildman–Crippen LogP) is 7.74. The second kappa shape index (κ2) is 13.9. The van der Waals surface area contributed by atoms with Gasteiger partial charge in [-0.05, 0) is 123 Å². The lowest BCUT2D eigenvalue weighted by molar-refractivity contribution is -0.135. The van der Waals surface area contributed by atoms with Crippen LogP contribution in [0.1, 0.15) is 102 Å². The summed E-state index contributed by atoms with van der Waals surface area (Å²) in [4.78, 5) is 59.3. The Labute approximate surface area is 316 Å². The van der Waals surface area contributed by atoms with Gasteiger partial charge in [0.2, 0.25) is 5.91 Å². The van der Waals surface area contributed by atoms with Crippen molar-refractivity contribution in [1.82, 2.24) is 35.1 Å². The molecule has 4 heterocycles. The lowest BCUT2D eigenvalue weighted by Gasteiger charge is -2.35. The number of carbonyl (C=O) groups excluding carboxylic acids is 3. The Morgan fingerprint density at radius 2 is 1.52 bits per heavy atom. The molecule has 284 valence electrons. The third kappa shape index (κ3) is 6.64. The van der Waals surface area contributed by atoms with E-state index >= 15 is 0 Å². The molecule has 54 heavy (non-hydrogen) atoms. The molecule has 3 N–H and O–H groups in total. The van der Waals surface area contributed by atoms with Crippen molar-refractivity contribution in [2.24, 2.45) is 11.8 Å². The van der Waals surface area contributed by atoms with E-state index in [0.717, 1.165) is 79.1 Å². The molecule has 2 aliphatic heterocycles. The van der Waals surface area contributed by atoms with Crippen LogP contribution in [0.2, 0.25) is 0 Å². The van der Waals surface area contributed by atoms with Crippen LogP contribution >= 0.6 is 0 Å². The van der Waals surface area contributed by atoms with Gasteiger partial charge in [0.25, 0.3) is 0 Å². The minimum Gasteiger partial charge on any atom is -0.453 e. The van der Waals surface area contributed by atoms with Crippen LogP contribution in [0.25, 0.3) is 33.6 Å². The van der Waals surface area contributed by atoms with Crippen LogP contribution in [0.4, 0.5) is 9.59 Å². The molecule has 4 aliphatic rings. The number of imidazole rings is 2. The van der Waals surface area contributed by atoms with Gasteiger partial charge in [-0.3, -0.25) is 9.69 Å². The molecule has 2 aromatic carbocycles. The highest BCUT2D eigenvalue weighted by Gasteiger charge is 2.51. The Hall–Kier alpha value is -5.13. The number of methoxy groups -OCH3 is 1. The minimum atomic E-state index is -0.673. The van der Waals surface area contributed by atoms with Gasteiger partial charge in [0.1, 0.15) is 23.3 Å². The quantitative estimate of drug-likeness (QED) is 0.176. The van der Waals surface area contributed by atoms with E-state index in [0.29, 0.717) is 12.5 Å². The zero-order chi connectivity index (χ0) is 37.9. The molecule has 2 aromatic heterocycles. The molecule has 2 saturated heterocycles. The van der Waals surface area contributed by atoms with Crippen molar-refractivity contribution in [2.45, 2.75) is 109 Å². The van der Waals surface area contributed by atoms with Crippen molar-refractivity contribution in [3.63, 3.8) is 0 Å². The van der Waals surface area contributed by atoms with Gasteiger partial charge in [0, 0.05) is 12.6 Å². The normalized spacial score (nSPS) is 22.3. The third-order valence-corrected chi connectivity index (χ3v) is 11.7. The standard InChI is InChI=1S/C42H51N7O5/c1-23(2)35(47-40(51)53-6)39(50)48-17-7-8-34(48)37-43-21-32(45-37)26-12-15-30-24(18-26)9-10-25-19-27(13-16-31(25)30)33-22-44-38(46-33)36-28-11-14-29(20-28)49(36)41(52)54-42(3,4)5/h12-13,15-16,18-19,21-23,28-29,34-36H,7-11,14,17,20H2,1-6H3,(H,43,45)(H,44,46)(H,47,51)/t28-,29+,34?,35?,36-/m0/s1. The fourth-order valence-electron chi connectivity index (χ4n) is 9.13. The number of alkyl carbamates (subject to hydrolysis) is 1. The molecule has 2 aliphatic carbocycles. The van der Waals surface area contributed by atoms with E-state index in [1.54, 1.807) is 0 Å². The number of hydrogen-bond donors (Lipinski definition) is 3. The van der Waals surface area contributed by atoms with Crippen molar-refractivity contribution in [1.29, 1.82) is 0 Å². The van der Waals surface area contributed by atoms with Gasteiger partial charge in [-0.15, -0.1) is 0 Å². The number of aromatic nitrogens is 4. The number of nitrogens with one attached hydrogen (secondary N) is 3. The SMILES string of the molecule is COC(=O)NC(C(=O)N1CCCC1c1ncc(-c2ccc3c(c2)CCc2cc(-c4cnc([C@@H]5[C@H]6CC[C@H](C6)N5C(=O)OC(C)(C)C)[nH]4)ccc2-3)[nH]1)C(C)C. The maximum atomic E-state index is 13.6. The third-order valence-electron chi connectivity index (χ3n) is 11.7. The molecule has 12 heteroatoms. The molecule has 0 spiro atoms. The van der Waals surface area contributed by atoms with Gasteiger partial charge in [0.05, 0.1) is 43.0 Å². The molecule has 2 bridgehead atoms. The summed E-state index contributed by atoms with van der Waals surface area (Å²) in [5.74, 6) is 1.77. The number of piperidine rings is 1. The lowest BCUT2D eigenvalue weighted by Crippen LogP contribution is -2.51. The fourth-order valence-corrected chi connectivity index (χ4v) is 9.13. The highest BCUT2D eigenvalue weighted by Crippen LogP contribution is 2.50. The van der Waals surface area contributed by atoms with E-state index in [4.69, 9.17) is 19.4 Å². The highest BCUT2D eigenvalue weighted by molar-refractivity contribution is 5.86. The number of aryl methyl sites for hydroxylation is 2. The first kappa shape index (κ1) is 35.9. The maximum absolute atomic E-state index is 13.6. The number of nitrogens with zero attached hydrogens (tertiary/aromatic N) is 4. The van der Waals surface area contributed by atoms with Crippen LogP contribution in [0.3, 0.4) is 0 Å². The van der Waals surface area contributed by atoms with Gasteiger partial charge in [-0.1, -0.05) is 38.1 Å². The second-order valence-electron chi connectivity index (χ2n) is 16.7. The van der Waals surface area contributed by atoms with Crippen molar-refractivity contribution in [2.75, 3.05) is 13.7 Å². The summed E-state index contributed by atoms with van der Waals surface area (Å²) in [5.41, 5.74) is 8.53. The first-order chi connectivity index (χ1) is 25.9. The van der Waals surface area contributed by atoms with E-state index in [1.165, 1.54) is 29.4 Å². The topological polar surface area (TPSA) is 146 Å². The molecule has 4 aromatic rings. The van der Waals surface area contributed by atoms with E-state index in [9.17, 15) is 14.4 Å². The molecular formula is C42H51N7O5. The molecule has 3 amide bonds. The number of likely N-dealkylation sites (tertiary alicyclic amines) is 2. The first-order valence-corrected chi connectivity index (χ1v) is 19.4. The van der Waals surface area contributed by atoms with Crippen LogP contribution in [-0.2, 0) is 27.1 Å². The van der Waals surface area contributed by atoms with E-state index < -0.39 is 17.7 Å².